The molecule has 4 aromatic rings. The van der Waals surface area contributed by atoms with E-state index >= 15 is 0 Å². The van der Waals surface area contributed by atoms with E-state index in [1.165, 1.54) is 12.1 Å². The van der Waals surface area contributed by atoms with Crippen LogP contribution >= 0.6 is 0 Å². The van der Waals surface area contributed by atoms with Crippen LogP contribution in [0.4, 0.5) is 4.39 Å². The van der Waals surface area contributed by atoms with Gasteiger partial charge in [0.1, 0.15) is 11.6 Å². The van der Waals surface area contributed by atoms with Crippen molar-refractivity contribution in [2.24, 2.45) is 0 Å². The highest BCUT2D eigenvalue weighted by molar-refractivity contribution is 5.56. The predicted molar refractivity (Wildman–Crippen MR) is 93.6 cm³/mol. The van der Waals surface area contributed by atoms with E-state index in [1.54, 1.807) is 18.4 Å². The average molecular weight is 344 g/mol. The fourth-order valence-electron chi connectivity index (χ4n) is 2.42. The number of halogens is 1. The molecule has 2 aromatic heterocycles. The first-order chi connectivity index (χ1) is 12.8. The molecule has 0 aliphatic rings. The second-order valence-electron chi connectivity index (χ2n) is 5.61. The van der Waals surface area contributed by atoms with Crippen molar-refractivity contribution < 1.29 is 13.3 Å². The smallest absolute Gasteiger partial charge is 0.234 e. The van der Waals surface area contributed by atoms with Crippen LogP contribution in [0, 0.1) is 17.7 Å². The minimum Gasteiger partial charge on any atom is -0.469 e. The molecular formula is C21H13FN2O2. The van der Waals surface area contributed by atoms with Gasteiger partial charge in [-0.2, -0.15) is 4.98 Å². The second kappa shape index (κ2) is 7.08. The lowest BCUT2D eigenvalue weighted by Crippen LogP contribution is -1.86. The van der Waals surface area contributed by atoms with Gasteiger partial charge >= 0.3 is 0 Å². The van der Waals surface area contributed by atoms with Crippen molar-refractivity contribution in [2.45, 2.75) is 6.42 Å². The normalized spacial score (nSPS) is 10.3. The first kappa shape index (κ1) is 15.9. The van der Waals surface area contributed by atoms with Crippen molar-refractivity contribution in [1.82, 2.24) is 10.1 Å². The summed E-state index contributed by atoms with van der Waals surface area (Å²) in [6.45, 7) is 0. The van der Waals surface area contributed by atoms with Crippen LogP contribution in [0.5, 0.6) is 0 Å². The number of aromatic nitrogens is 2. The van der Waals surface area contributed by atoms with Crippen LogP contribution in [0.1, 0.15) is 22.8 Å². The molecule has 0 unspecified atom stereocenters. The maximum absolute atomic E-state index is 13.2. The van der Waals surface area contributed by atoms with Gasteiger partial charge in [-0.15, -0.1) is 0 Å². The van der Waals surface area contributed by atoms with E-state index in [9.17, 15) is 4.39 Å². The summed E-state index contributed by atoms with van der Waals surface area (Å²) in [6.07, 6.45) is 2.06. The van der Waals surface area contributed by atoms with E-state index in [1.807, 2.05) is 36.4 Å². The molecule has 2 heterocycles. The molecule has 0 aliphatic carbocycles. The Hall–Kier alpha value is -3.65. The summed E-state index contributed by atoms with van der Waals surface area (Å²) in [6, 6.07) is 17.4. The molecule has 4 rings (SSSR count). The Labute approximate surface area is 149 Å². The van der Waals surface area contributed by atoms with E-state index in [4.69, 9.17) is 8.94 Å². The second-order valence-corrected chi connectivity index (χ2v) is 5.61. The van der Waals surface area contributed by atoms with E-state index in [2.05, 4.69) is 22.0 Å². The molecule has 0 aliphatic heterocycles. The lowest BCUT2D eigenvalue weighted by atomic mass is 10.1. The predicted octanol–water partition coefficient (Wildman–Crippen LogP) is 4.46. The van der Waals surface area contributed by atoms with Crippen molar-refractivity contribution in [3.63, 3.8) is 0 Å². The standard InChI is InChI=1S/C21H13FN2O2/c22-18-4-1-3-16(13-18)7-6-15-8-10-17(11-9-15)21-23-20(26-24-21)14-19-5-2-12-25-19/h1-5,8-13H,14H2. The maximum Gasteiger partial charge on any atom is 0.234 e. The Kier molecular flexibility index (Phi) is 4.31. The van der Waals surface area contributed by atoms with Gasteiger partial charge in [0, 0.05) is 16.7 Å². The minimum absolute atomic E-state index is 0.297. The summed E-state index contributed by atoms with van der Waals surface area (Å²) < 4.78 is 23.7. The molecule has 0 bridgehead atoms. The number of benzene rings is 2. The molecular weight excluding hydrogens is 331 g/mol. The summed E-state index contributed by atoms with van der Waals surface area (Å²) in [5.41, 5.74) is 2.28. The Balaban J connectivity index is 1.49. The Morgan fingerprint density at radius 1 is 0.923 bits per heavy atom. The van der Waals surface area contributed by atoms with Crippen LogP contribution in [-0.4, -0.2) is 10.1 Å². The van der Waals surface area contributed by atoms with Crippen LogP contribution in [0.25, 0.3) is 11.4 Å². The van der Waals surface area contributed by atoms with Crippen LogP contribution in [0.15, 0.2) is 75.9 Å². The summed E-state index contributed by atoms with van der Waals surface area (Å²) >= 11 is 0. The third kappa shape index (κ3) is 3.70. The molecule has 0 amide bonds. The van der Waals surface area contributed by atoms with Crippen molar-refractivity contribution in [1.29, 1.82) is 0 Å². The van der Waals surface area contributed by atoms with E-state index < -0.39 is 0 Å². The Bertz CT molecular complexity index is 1070. The highest BCUT2D eigenvalue weighted by atomic mass is 19.1. The quantitative estimate of drug-likeness (QED) is 0.515. The first-order valence-corrected chi connectivity index (χ1v) is 7.99. The largest absolute Gasteiger partial charge is 0.469 e. The minimum atomic E-state index is -0.297. The van der Waals surface area contributed by atoms with Crippen molar-refractivity contribution >= 4 is 0 Å². The fraction of sp³-hybridized carbons (Fsp3) is 0.0476. The van der Waals surface area contributed by atoms with Crippen molar-refractivity contribution in [2.75, 3.05) is 0 Å². The number of nitrogens with zero attached hydrogens (tertiary/aromatic N) is 2. The van der Waals surface area contributed by atoms with Gasteiger partial charge in [-0.25, -0.2) is 4.39 Å². The van der Waals surface area contributed by atoms with Crippen molar-refractivity contribution in [3.8, 4) is 23.2 Å². The number of hydrogen-bond donors (Lipinski definition) is 0. The van der Waals surface area contributed by atoms with E-state index in [0.717, 1.165) is 16.9 Å². The van der Waals surface area contributed by atoms with Gasteiger partial charge in [-0.05, 0) is 54.6 Å². The molecule has 0 N–H and O–H groups in total. The van der Waals surface area contributed by atoms with Crippen LogP contribution in [0.3, 0.4) is 0 Å². The van der Waals surface area contributed by atoms with Gasteiger partial charge in [0.15, 0.2) is 0 Å². The fourth-order valence-corrected chi connectivity index (χ4v) is 2.42. The maximum atomic E-state index is 13.2. The van der Waals surface area contributed by atoms with E-state index in [-0.39, 0.29) is 5.82 Å². The SMILES string of the molecule is Fc1cccc(C#Cc2ccc(-c3noc(Cc4ccco4)n3)cc2)c1. The zero-order valence-electron chi connectivity index (χ0n) is 13.6. The van der Waals surface area contributed by atoms with Crippen LogP contribution < -0.4 is 0 Å². The third-order valence-electron chi connectivity index (χ3n) is 3.69. The topological polar surface area (TPSA) is 52.1 Å². The molecule has 126 valence electrons. The molecule has 0 saturated carbocycles. The van der Waals surface area contributed by atoms with Gasteiger partial charge < -0.3 is 8.94 Å². The molecule has 0 radical (unpaired) electrons. The van der Waals surface area contributed by atoms with Gasteiger partial charge in [0.05, 0.1) is 12.7 Å². The summed E-state index contributed by atoms with van der Waals surface area (Å²) in [4.78, 5) is 4.37. The highest BCUT2D eigenvalue weighted by Gasteiger charge is 2.10. The van der Waals surface area contributed by atoms with Gasteiger partial charge in [0.25, 0.3) is 0 Å². The van der Waals surface area contributed by atoms with Gasteiger partial charge in [-0.1, -0.05) is 23.1 Å². The first-order valence-electron chi connectivity index (χ1n) is 7.99. The summed E-state index contributed by atoms with van der Waals surface area (Å²) in [5.74, 6) is 7.42. The lowest BCUT2D eigenvalue weighted by Gasteiger charge is -1.95. The highest BCUT2D eigenvalue weighted by Crippen LogP contribution is 2.18. The summed E-state index contributed by atoms with van der Waals surface area (Å²) in [5, 5.41) is 3.99. The van der Waals surface area contributed by atoms with Crippen LogP contribution in [0.2, 0.25) is 0 Å². The Morgan fingerprint density at radius 3 is 2.54 bits per heavy atom. The van der Waals surface area contributed by atoms with Crippen LogP contribution in [-0.2, 0) is 6.42 Å². The zero-order valence-corrected chi connectivity index (χ0v) is 13.6. The van der Waals surface area contributed by atoms with E-state index in [0.29, 0.717) is 23.7 Å². The van der Waals surface area contributed by atoms with Gasteiger partial charge in [-0.3, -0.25) is 0 Å². The summed E-state index contributed by atoms with van der Waals surface area (Å²) in [7, 11) is 0. The number of furan rings is 1. The monoisotopic (exact) mass is 344 g/mol. The molecule has 0 fully saturated rings. The average Bonchev–Trinajstić information content (AvgIpc) is 3.33. The number of rotatable bonds is 3. The third-order valence-corrected chi connectivity index (χ3v) is 3.69. The Morgan fingerprint density at radius 2 is 1.77 bits per heavy atom. The molecule has 5 heteroatoms. The molecule has 0 atom stereocenters. The molecule has 26 heavy (non-hydrogen) atoms. The molecule has 0 spiro atoms. The van der Waals surface area contributed by atoms with Crippen molar-refractivity contribution in [3.05, 3.63) is 95.5 Å². The number of hydrogen-bond acceptors (Lipinski definition) is 4. The lowest BCUT2D eigenvalue weighted by molar-refractivity contribution is 0.375. The molecule has 2 aromatic carbocycles. The molecule has 4 nitrogen and oxygen atoms in total. The molecule has 0 saturated heterocycles. The zero-order chi connectivity index (χ0) is 17.8. The van der Waals surface area contributed by atoms with Gasteiger partial charge in [0.2, 0.25) is 11.7 Å².